The highest BCUT2D eigenvalue weighted by Crippen LogP contribution is 2.31. The second kappa shape index (κ2) is 11.1. The van der Waals surface area contributed by atoms with Gasteiger partial charge in [0.1, 0.15) is 11.5 Å². The van der Waals surface area contributed by atoms with Gasteiger partial charge >= 0.3 is 5.97 Å². The van der Waals surface area contributed by atoms with Crippen LogP contribution in [-0.4, -0.2) is 30.5 Å². The Hall–Kier alpha value is -2.45. The number of hydrogen-bond acceptors (Lipinski definition) is 4. The summed E-state index contributed by atoms with van der Waals surface area (Å²) < 4.78 is 11.7. The van der Waals surface area contributed by atoms with Gasteiger partial charge in [0.25, 0.3) is 0 Å². The van der Waals surface area contributed by atoms with Gasteiger partial charge in [-0.05, 0) is 69.6 Å². The third-order valence-electron chi connectivity index (χ3n) is 4.26. The lowest BCUT2D eigenvalue weighted by molar-refractivity contribution is -0.139. The Balaban J connectivity index is 1.79. The Labute approximate surface area is 194 Å². The molecule has 0 radical (unpaired) electrons. The zero-order valence-electron chi connectivity index (χ0n) is 16.4. The molecule has 4 nitrogen and oxygen atoms in total. The van der Waals surface area contributed by atoms with Crippen LogP contribution in [0.1, 0.15) is 11.1 Å². The van der Waals surface area contributed by atoms with Crippen molar-refractivity contribution in [2.75, 3.05) is 19.5 Å². The predicted molar refractivity (Wildman–Crippen MR) is 130 cm³/mol. The fourth-order valence-corrected chi connectivity index (χ4v) is 4.60. The summed E-state index contributed by atoms with van der Waals surface area (Å²) >= 11 is 3.97. The zero-order valence-corrected chi connectivity index (χ0v) is 19.4. The molecular formula is C24H21IO4S. The fraction of sp³-hybridized carbons (Fsp3) is 0.125. The van der Waals surface area contributed by atoms with Gasteiger partial charge in [0, 0.05) is 14.2 Å². The number of benzene rings is 3. The van der Waals surface area contributed by atoms with E-state index in [9.17, 15) is 4.79 Å². The molecule has 154 valence electrons. The molecule has 30 heavy (non-hydrogen) atoms. The van der Waals surface area contributed by atoms with Crippen molar-refractivity contribution in [3.63, 3.8) is 0 Å². The van der Waals surface area contributed by atoms with Gasteiger partial charge in [0.05, 0.1) is 7.11 Å². The first-order valence-corrected chi connectivity index (χ1v) is 11.3. The minimum atomic E-state index is -0.986. The van der Waals surface area contributed by atoms with Crippen LogP contribution >= 0.6 is 34.4 Å². The number of thioether (sulfide) groups is 1. The number of carboxylic acids is 1. The summed E-state index contributed by atoms with van der Waals surface area (Å²) in [6.45, 7) is -0.341. The second-order valence-corrected chi connectivity index (χ2v) is 8.53. The van der Waals surface area contributed by atoms with Crippen molar-refractivity contribution < 1.29 is 19.4 Å². The molecule has 3 aromatic carbocycles. The van der Waals surface area contributed by atoms with E-state index in [1.54, 1.807) is 24.9 Å². The molecular weight excluding hydrogens is 511 g/mol. The Morgan fingerprint density at radius 2 is 1.77 bits per heavy atom. The normalized spacial score (nSPS) is 11.2. The van der Waals surface area contributed by atoms with Crippen molar-refractivity contribution in [2.45, 2.75) is 4.90 Å². The van der Waals surface area contributed by atoms with Crippen LogP contribution in [0.4, 0.5) is 0 Å². The average Bonchev–Trinajstić information content (AvgIpc) is 2.77. The molecule has 0 saturated heterocycles. The Kier molecular flexibility index (Phi) is 8.21. The predicted octanol–water partition coefficient (Wildman–Crippen LogP) is 5.99. The summed E-state index contributed by atoms with van der Waals surface area (Å²) in [5.74, 6) is 1.18. The summed E-state index contributed by atoms with van der Waals surface area (Å²) in [5, 5.41) is 8.74. The maximum atomic E-state index is 10.7. The molecule has 0 unspecified atom stereocenters. The van der Waals surface area contributed by atoms with Crippen LogP contribution in [0.2, 0.25) is 0 Å². The summed E-state index contributed by atoms with van der Waals surface area (Å²) in [6.07, 6.45) is 2.22. The number of carbonyl (C=O) groups is 1. The minimum Gasteiger partial charge on any atom is -0.497 e. The first-order valence-electron chi connectivity index (χ1n) is 9.24. The van der Waals surface area contributed by atoms with Crippen molar-refractivity contribution in [3.8, 4) is 11.5 Å². The Morgan fingerprint density at radius 3 is 2.47 bits per heavy atom. The lowest BCUT2D eigenvalue weighted by Gasteiger charge is -2.11. The summed E-state index contributed by atoms with van der Waals surface area (Å²) in [4.78, 5) is 11.8. The maximum Gasteiger partial charge on any atom is 0.341 e. The van der Waals surface area contributed by atoms with Crippen molar-refractivity contribution in [2.24, 2.45) is 0 Å². The summed E-state index contributed by atoms with van der Waals surface area (Å²) in [6, 6.07) is 24.0. The van der Waals surface area contributed by atoms with E-state index in [1.165, 1.54) is 0 Å². The van der Waals surface area contributed by atoms with Crippen molar-refractivity contribution in [3.05, 3.63) is 93.6 Å². The summed E-state index contributed by atoms with van der Waals surface area (Å²) in [5.41, 5.74) is 3.41. The van der Waals surface area contributed by atoms with Gasteiger partial charge < -0.3 is 14.6 Å². The van der Waals surface area contributed by atoms with Crippen LogP contribution in [0.5, 0.6) is 11.5 Å². The van der Waals surface area contributed by atoms with Crippen LogP contribution in [0.15, 0.2) is 83.8 Å². The van der Waals surface area contributed by atoms with E-state index in [2.05, 4.69) is 46.9 Å². The fourth-order valence-electron chi connectivity index (χ4n) is 2.86. The van der Waals surface area contributed by atoms with Crippen LogP contribution in [-0.2, 0) is 4.79 Å². The topological polar surface area (TPSA) is 55.8 Å². The highest BCUT2D eigenvalue weighted by Gasteiger charge is 2.08. The third kappa shape index (κ3) is 6.27. The van der Waals surface area contributed by atoms with Crippen molar-refractivity contribution in [1.29, 1.82) is 0 Å². The van der Waals surface area contributed by atoms with Crippen LogP contribution in [0, 0.1) is 3.57 Å². The maximum absolute atomic E-state index is 10.7. The smallest absolute Gasteiger partial charge is 0.341 e. The first kappa shape index (κ1) is 22.2. The second-order valence-electron chi connectivity index (χ2n) is 6.30. The molecule has 0 bridgehead atoms. The number of carboxylic acid groups (broad SMARTS) is 1. The van der Waals surface area contributed by atoms with E-state index in [-0.39, 0.29) is 6.61 Å². The SMILES string of the molecule is COc1cccc(/C(=C\CSc2ccc(OCC(=O)O)cc2I)c2ccccc2)c1. The number of methoxy groups -OCH3 is 1. The van der Waals surface area contributed by atoms with Gasteiger partial charge in [-0.1, -0.05) is 48.5 Å². The number of aliphatic carboxylic acids is 1. The molecule has 6 heteroatoms. The lowest BCUT2D eigenvalue weighted by atomic mass is 9.98. The molecule has 0 aliphatic carbocycles. The minimum absolute atomic E-state index is 0.341. The standard InChI is InChI=1S/C24H21IO4S/c1-28-19-9-5-8-18(14-19)21(17-6-3-2-4-7-17)12-13-30-23-11-10-20(15-22(23)25)29-16-24(26)27/h2-12,14-15H,13,16H2,1H3,(H,26,27)/b21-12-. The van der Waals surface area contributed by atoms with Crippen molar-refractivity contribution >= 4 is 45.9 Å². The molecule has 0 heterocycles. The van der Waals surface area contributed by atoms with E-state index >= 15 is 0 Å². The molecule has 0 spiro atoms. The van der Waals surface area contributed by atoms with E-state index in [1.807, 2.05) is 48.5 Å². The number of rotatable bonds is 9. The summed E-state index contributed by atoms with van der Waals surface area (Å²) in [7, 11) is 1.67. The molecule has 1 N–H and O–H groups in total. The van der Waals surface area contributed by atoms with Gasteiger partial charge in [-0.25, -0.2) is 4.79 Å². The van der Waals surface area contributed by atoms with Gasteiger partial charge in [-0.15, -0.1) is 11.8 Å². The molecule has 0 atom stereocenters. The van der Waals surface area contributed by atoms with Gasteiger partial charge in [0.2, 0.25) is 0 Å². The zero-order chi connectivity index (χ0) is 21.3. The molecule has 3 aromatic rings. The molecule has 0 saturated carbocycles. The van der Waals surface area contributed by atoms with Gasteiger partial charge in [0.15, 0.2) is 6.61 Å². The molecule has 0 aromatic heterocycles. The molecule has 0 fully saturated rings. The molecule has 0 amide bonds. The first-order chi connectivity index (χ1) is 14.6. The quantitative estimate of drug-likeness (QED) is 0.271. The van der Waals surface area contributed by atoms with Crippen LogP contribution in [0.3, 0.4) is 0 Å². The number of hydrogen-bond donors (Lipinski definition) is 1. The average molecular weight is 532 g/mol. The Morgan fingerprint density at radius 1 is 1.00 bits per heavy atom. The Bertz CT molecular complexity index is 1030. The third-order valence-corrected chi connectivity index (χ3v) is 6.52. The lowest BCUT2D eigenvalue weighted by Crippen LogP contribution is -2.09. The number of halogens is 1. The van der Waals surface area contributed by atoms with Gasteiger partial charge in [-0.3, -0.25) is 0 Å². The molecule has 0 aliphatic heterocycles. The van der Waals surface area contributed by atoms with E-state index in [4.69, 9.17) is 14.6 Å². The molecule has 0 aliphatic rings. The van der Waals surface area contributed by atoms with Crippen LogP contribution in [0.25, 0.3) is 5.57 Å². The van der Waals surface area contributed by atoms with Gasteiger partial charge in [-0.2, -0.15) is 0 Å². The highest BCUT2D eigenvalue weighted by molar-refractivity contribution is 14.1. The monoisotopic (exact) mass is 532 g/mol. The van der Waals surface area contributed by atoms with E-state index < -0.39 is 5.97 Å². The van der Waals surface area contributed by atoms with E-state index in [0.29, 0.717) is 5.75 Å². The van der Waals surface area contributed by atoms with Crippen LogP contribution < -0.4 is 9.47 Å². The molecule has 3 rings (SSSR count). The van der Waals surface area contributed by atoms with E-state index in [0.717, 1.165) is 36.7 Å². The largest absolute Gasteiger partial charge is 0.497 e. The highest BCUT2D eigenvalue weighted by atomic mass is 127. The van der Waals surface area contributed by atoms with Crippen molar-refractivity contribution in [1.82, 2.24) is 0 Å². The number of ether oxygens (including phenoxy) is 2.